The van der Waals surface area contributed by atoms with Crippen LogP contribution in [0.25, 0.3) is 0 Å². The van der Waals surface area contributed by atoms with Crippen LogP contribution in [0.2, 0.25) is 0 Å². The number of esters is 1. The average molecular weight is 225 g/mol. The molecule has 0 amide bonds. The zero-order chi connectivity index (χ0) is 11.5. The highest BCUT2D eigenvalue weighted by atomic mass is 16.5. The van der Waals surface area contributed by atoms with Crippen LogP contribution in [0.5, 0.6) is 0 Å². The number of rotatable bonds is 5. The number of ether oxygens (including phenoxy) is 1. The fourth-order valence-electron chi connectivity index (χ4n) is 3.05. The summed E-state index contributed by atoms with van der Waals surface area (Å²) in [6, 6.07) is 0.660. The van der Waals surface area contributed by atoms with Gasteiger partial charge in [-0.15, -0.1) is 0 Å². The fraction of sp³-hybridized carbons (Fsp3) is 0.923. The van der Waals surface area contributed by atoms with E-state index in [0.717, 1.165) is 6.54 Å². The van der Waals surface area contributed by atoms with Gasteiger partial charge in [-0.3, -0.25) is 9.69 Å². The van der Waals surface area contributed by atoms with E-state index in [0.29, 0.717) is 12.0 Å². The minimum atomic E-state index is -0.0174. The molecule has 2 saturated carbocycles. The van der Waals surface area contributed by atoms with Gasteiger partial charge < -0.3 is 4.74 Å². The first-order valence-corrected chi connectivity index (χ1v) is 6.61. The molecule has 2 fully saturated rings. The molecule has 0 heterocycles. The third kappa shape index (κ3) is 2.40. The summed E-state index contributed by atoms with van der Waals surface area (Å²) in [7, 11) is 1.51. The topological polar surface area (TPSA) is 29.5 Å². The zero-order valence-electron chi connectivity index (χ0n) is 10.4. The van der Waals surface area contributed by atoms with Crippen molar-refractivity contribution in [1.82, 2.24) is 4.90 Å². The van der Waals surface area contributed by atoms with E-state index in [4.69, 9.17) is 4.74 Å². The maximum atomic E-state index is 11.9. The highest BCUT2D eigenvalue weighted by Crippen LogP contribution is 2.38. The summed E-state index contributed by atoms with van der Waals surface area (Å²) in [5.74, 6) is 0.546. The van der Waals surface area contributed by atoms with Crippen molar-refractivity contribution in [2.45, 2.75) is 57.5 Å². The minimum absolute atomic E-state index is 0.0174. The van der Waals surface area contributed by atoms with Crippen molar-refractivity contribution in [2.24, 2.45) is 5.92 Å². The molecule has 0 aromatic rings. The molecule has 0 N–H and O–H groups in total. The third-order valence-electron chi connectivity index (χ3n) is 4.03. The Morgan fingerprint density at radius 3 is 2.38 bits per heavy atom. The Bertz CT molecular complexity index is 244. The van der Waals surface area contributed by atoms with Crippen molar-refractivity contribution in [1.29, 1.82) is 0 Å². The molecule has 0 radical (unpaired) electrons. The number of carbonyl (C=O) groups excluding carboxylic acids is 1. The Hall–Kier alpha value is -0.570. The number of likely N-dealkylation sites (N-methyl/N-ethyl adjacent to an activating group) is 1. The van der Waals surface area contributed by atoms with Crippen LogP contribution in [0.1, 0.15) is 45.4 Å². The van der Waals surface area contributed by atoms with Crippen molar-refractivity contribution < 1.29 is 9.53 Å². The molecule has 92 valence electrons. The van der Waals surface area contributed by atoms with Crippen LogP contribution in [0.15, 0.2) is 0 Å². The third-order valence-corrected chi connectivity index (χ3v) is 4.03. The summed E-state index contributed by atoms with van der Waals surface area (Å²) in [6.45, 7) is 3.14. The number of nitrogens with zero attached hydrogens (tertiary/aromatic N) is 1. The quantitative estimate of drug-likeness (QED) is 0.672. The second-order valence-electron chi connectivity index (χ2n) is 5.07. The maximum absolute atomic E-state index is 11.9. The van der Waals surface area contributed by atoms with Crippen LogP contribution in [0.3, 0.4) is 0 Å². The Labute approximate surface area is 98.1 Å². The summed E-state index contributed by atoms with van der Waals surface area (Å²) in [4.78, 5) is 14.3. The molecule has 0 aromatic carbocycles. The molecular weight excluding hydrogens is 202 g/mol. The zero-order valence-corrected chi connectivity index (χ0v) is 10.4. The van der Waals surface area contributed by atoms with Gasteiger partial charge in [0.25, 0.3) is 0 Å². The summed E-state index contributed by atoms with van der Waals surface area (Å²) in [5, 5.41) is 0. The van der Waals surface area contributed by atoms with E-state index < -0.39 is 0 Å². The summed E-state index contributed by atoms with van der Waals surface area (Å²) >= 11 is 0. The fourth-order valence-corrected chi connectivity index (χ4v) is 3.05. The molecule has 16 heavy (non-hydrogen) atoms. The van der Waals surface area contributed by atoms with E-state index in [9.17, 15) is 4.79 Å². The van der Waals surface area contributed by atoms with Gasteiger partial charge in [-0.1, -0.05) is 19.8 Å². The molecule has 2 rings (SSSR count). The first-order valence-electron chi connectivity index (χ1n) is 6.61. The molecule has 2 aliphatic rings. The van der Waals surface area contributed by atoms with Gasteiger partial charge in [0, 0.05) is 6.04 Å². The van der Waals surface area contributed by atoms with Crippen LogP contribution >= 0.6 is 0 Å². The van der Waals surface area contributed by atoms with E-state index >= 15 is 0 Å². The number of hydrogen-bond acceptors (Lipinski definition) is 3. The lowest BCUT2D eigenvalue weighted by atomic mass is 10.1. The first-order chi connectivity index (χ1) is 7.77. The molecule has 1 atom stereocenters. The molecule has 0 saturated heterocycles. The number of carbonyl (C=O) groups is 1. The smallest absolute Gasteiger partial charge is 0.323 e. The van der Waals surface area contributed by atoms with Crippen molar-refractivity contribution in [3.05, 3.63) is 0 Å². The van der Waals surface area contributed by atoms with Crippen molar-refractivity contribution in [2.75, 3.05) is 13.7 Å². The molecule has 0 bridgehead atoms. The standard InChI is InChI=1S/C13H23NO2/c1-3-14(11-6-4-5-7-11)12(10-8-9-10)13(15)16-2/h10-12H,3-9H2,1-2H3. The lowest BCUT2D eigenvalue weighted by molar-refractivity contribution is -0.149. The Balaban J connectivity index is 2.05. The molecule has 3 heteroatoms. The Morgan fingerprint density at radius 2 is 1.94 bits per heavy atom. The molecule has 1 unspecified atom stereocenters. The van der Waals surface area contributed by atoms with Crippen molar-refractivity contribution in [3.8, 4) is 0 Å². The van der Waals surface area contributed by atoms with Gasteiger partial charge in [0.15, 0.2) is 0 Å². The van der Waals surface area contributed by atoms with Gasteiger partial charge in [-0.05, 0) is 38.1 Å². The van der Waals surface area contributed by atoms with E-state index in [-0.39, 0.29) is 12.0 Å². The largest absolute Gasteiger partial charge is 0.468 e. The molecule has 3 nitrogen and oxygen atoms in total. The molecule has 0 spiro atoms. The van der Waals surface area contributed by atoms with E-state index in [1.54, 1.807) is 0 Å². The summed E-state index contributed by atoms with van der Waals surface area (Å²) in [5.41, 5.74) is 0. The Kier molecular flexibility index (Phi) is 3.85. The lowest BCUT2D eigenvalue weighted by Gasteiger charge is -2.34. The van der Waals surface area contributed by atoms with Gasteiger partial charge in [0.1, 0.15) is 6.04 Å². The second-order valence-corrected chi connectivity index (χ2v) is 5.07. The summed E-state index contributed by atoms with van der Waals surface area (Å²) in [6.07, 6.45) is 7.55. The molecular formula is C13H23NO2. The van der Waals surface area contributed by atoms with Crippen LogP contribution in [-0.4, -0.2) is 36.6 Å². The van der Waals surface area contributed by atoms with Crippen LogP contribution in [0.4, 0.5) is 0 Å². The highest BCUT2D eigenvalue weighted by Gasteiger charge is 2.43. The number of hydrogen-bond donors (Lipinski definition) is 0. The van der Waals surface area contributed by atoms with Gasteiger partial charge in [-0.25, -0.2) is 0 Å². The minimum Gasteiger partial charge on any atom is -0.468 e. The predicted octanol–water partition coefficient (Wildman–Crippen LogP) is 2.20. The predicted molar refractivity (Wildman–Crippen MR) is 63.2 cm³/mol. The molecule has 0 aromatic heterocycles. The average Bonchev–Trinajstić information content (AvgIpc) is 2.99. The normalized spacial score (nSPS) is 23.7. The monoisotopic (exact) mass is 225 g/mol. The number of methoxy groups -OCH3 is 1. The maximum Gasteiger partial charge on any atom is 0.323 e. The second kappa shape index (κ2) is 5.17. The SMILES string of the molecule is CCN(C1CCCC1)C(C(=O)OC)C1CC1. The Morgan fingerprint density at radius 1 is 1.31 bits per heavy atom. The first kappa shape index (κ1) is 11.9. The van der Waals surface area contributed by atoms with E-state index in [1.807, 2.05) is 0 Å². The highest BCUT2D eigenvalue weighted by molar-refractivity contribution is 5.76. The molecule has 0 aliphatic heterocycles. The van der Waals surface area contributed by atoms with Crippen molar-refractivity contribution >= 4 is 5.97 Å². The van der Waals surface area contributed by atoms with E-state index in [2.05, 4.69) is 11.8 Å². The van der Waals surface area contributed by atoms with Crippen LogP contribution in [-0.2, 0) is 9.53 Å². The van der Waals surface area contributed by atoms with Gasteiger partial charge >= 0.3 is 5.97 Å². The summed E-state index contributed by atoms with van der Waals surface area (Å²) < 4.78 is 4.98. The van der Waals surface area contributed by atoms with E-state index in [1.165, 1.54) is 45.6 Å². The van der Waals surface area contributed by atoms with Gasteiger partial charge in [0.05, 0.1) is 7.11 Å². The van der Waals surface area contributed by atoms with Crippen molar-refractivity contribution in [3.63, 3.8) is 0 Å². The van der Waals surface area contributed by atoms with Crippen LogP contribution < -0.4 is 0 Å². The van der Waals surface area contributed by atoms with Gasteiger partial charge in [0.2, 0.25) is 0 Å². The van der Waals surface area contributed by atoms with Gasteiger partial charge in [-0.2, -0.15) is 0 Å². The molecule has 2 aliphatic carbocycles. The lowest BCUT2D eigenvalue weighted by Crippen LogP contribution is -2.48. The van der Waals surface area contributed by atoms with Crippen LogP contribution in [0, 0.1) is 5.92 Å².